The van der Waals surface area contributed by atoms with Crippen molar-refractivity contribution in [2.45, 2.75) is 39.3 Å². The lowest BCUT2D eigenvalue weighted by molar-refractivity contribution is -0.140. The summed E-state index contributed by atoms with van der Waals surface area (Å²) in [5.74, 6) is -0.160. The molecule has 186 valence electrons. The van der Waals surface area contributed by atoms with Crippen LogP contribution in [0.3, 0.4) is 0 Å². The Hall–Kier alpha value is -2.78. The van der Waals surface area contributed by atoms with Crippen molar-refractivity contribution in [1.82, 2.24) is 10.2 Å². The van der Waals surface area contributed by atoms with Crippen LogP contribution in [0.25, 0.3) is 0 Å². The van der Waals surface area contributed by atoms with Gasteiger partial charge in [0.15, 0.2) is 0 Å². The van der Waals surface area contributed by atoms with Gasteiger partial charge in [0.05, 0.1) is 19.1 Å². The minimum absolute atomic E-state index is 0.117. The molecule has 2 rings (SSSR count). The molecule has 2 amide bonds. The lowest BCUT2D eigenvalue weighted by Gasteiger charge is -2.33. The highest BCUT2D eigenvalue weighted by Crippen LogP contribution is 2.22. The Kier molecular flexibility index (Phi) is 10.2. The number of anilines is 1. The van der Waals surface area contributed by atoms with Crippen molar-refractivity contribution >= 4 is 39.1 Å². The van der Waals surface area contributed by atoms with Crippen molar-refractivity contribution in [3.63, 3.8) is 0 Å². The van der Waals surface area contributed by atoms with Gasteiger partial charge in [0.2, 0.25) is 21.8 Å². The van der Waals surface area contributed by atoms with E-state index in [0.717, 1.165) is 22.5 Å². The minimum atomic E-state index is -3.79. The van der Waals surface area contributed by atoms with E-state index >= 15 is 0 Å². The van der Waals surface area contributed by atoms with Crippen molar-refractivity contribution in [2.24, 2.45) is 0 Å². The molecule has 0 heterocycles. The summed E-state index contributed by atoms with van der Waals surface area (Å²) in [6.45, 7) is 3.90. The van der Waals surface area contributed by atoms with Crippen LogP contribution >= 0.6 is 11.6 Å². The van der Waals surface area contributed by atoms with Crippen LogP contribution in [-0.2, 0) is 26.2 Å². The lowest BCUT2D eigenvalue weighted by atomic mass is 10.1. The maximum absolute atomic E-state index is 13.6. The normalized spacial score (nSPS) is 12.0. The number of hydrogen-bond donors (Lipinski definition) is 1. The molecule has 0 aromatic heterocycles. The molecule has 1 N–H and O–H groups in total. The third-order valence-corrected chi connectivity index (χ3v) is 6.61. The highest BCUT2D eigenvalue weighted by molar-refractivity contribution is 7.92. The molecule has 0 aliphatic heterocycles. The second-order valence-electron chi connectivity index (χ2n) is 7.83. The summed E-state index contributed by atoms with van der Waals surface area (Å²) in [7, 11) is -2.24. The maximum Gasteiger partial charge on any atom is 0.244 e. The number of rotatable bonds is 12. The number of sulfonamides is 1. The molecule has 2 aromatic rings. The van der Waals surface area contributed by atoms with Crippen LogP contribution in [0.1, 0.15) is 32.3 Å². The summed E-state index contributed by atoms with van der Waals surface area (Å²) in [5, 5.41) is 3.29. The van der Waals surface area contributed by atoms with E-state index in [1.807, 2.05) is 19.9 Å². The Morgan fingerprint density at radius 2 is 1.79 bits per heavy atom. The van der Waals surface area contributed by atoms with Crippen molar-refractivity contribution in [3.05, 3.63) is 59.1 Å². The van der Waals surface area contributed by atoms with E-state index in [4.69, 9.17) is 16.3 Å². The first kappa shape index (κ1) is 27.5. The lowest BCUT2D eigenvalue weighted by Crippen LogP contribution is -2.52. The van der Waals surface area contributed by atoms with E-state index in [-0.39, 0.29) is 12.5 Å². The van der Waals surface area contributed by atoms with Gasteiger partial charge in [-0.1, -0.05) is 37.6 Å². The van der Waals surface area contributed by atoms with Gasteiger partial charge < -0.3 is 15.0 Å². The van der Waals surface area contributed by atoms with Crippen LogP contribution in [0, 0.1) is 0 Å². The molecule has 0 radical (unpaired) electrons. The number of nitrogens with zero attached hydrogens (tertiary/aromatic N) is 2. The standard InChI is InChI=1S/C24H32ClN3O5S/c1-5-14-26-24(30)22(6-2)27(16-18-8-7-9-21(15-18)33-3)23(29)17-28(34(4,31)32)20-12-10-19(25)11-13-20/h7-13,15,22H,5-6,14,16-17H2,1-4H3,(H,26,30). The molecule has 0 spiro atoms. The molecule has 0 fully saturated rings. The highest BCUT2D eigenvalue weighted by atomic mass is 35.5. The van der Waals surface area contributed by atoms with Gasteiger partial charge in [-0.05, 0) is 54.8 Å². The number of amides is 2. The summed E-state index contributed by atoms with van der Waals surface area (Å²) >= 11 is 5.94. The molecule has 0 bridgehead atoms. The minimum Gasteiger partial charge on any atom is -0.497 e. The van der Waals surface area contributed by atoms with Crippen molar-refractivity contribution in [1.29, 1.82) is 0 Å². The molecular weight excluding hydrogens is 478 g/mol. The SMILES string of the molecule is CCCNC(=O)C(CC)N(Cc1cccc(OC)c1)C(=O)CN(c1ccc(Cl)cc1)S(C)(=O)=O. The summed E-state index contributed by atoms with van der Waals surface area (Å²) in [6, 6.07) is 12.6. The summed E-state index contributed by atoms with van der Waals surface area (Å²) in [6.07, 6.45) is 2.15. The fraction of sp³-hybridized carbons (Fsp3) is 0.417. The number of halogens is 1. The molecule has 1 atom stereocenters. The molecule has 1 unspecified atom stereocenters. The summed E-state index contributed by atoms with van der Waals surface area (Å²) in [4.78, 5) is 27.9. The zero-order valence-corrected chi connectivity index (χ0v) is 21.5. The van der Waals surface area contributed by atoms with Crippen molar-refractivity contribution < 1.29 is 22.7 Å². The first-order valence-electron chi connectivity index (χ1n) is 11.0. The Balaban J connectivity index is 2.42. The molecule has 2 aromatic carbocycles. The topological polar surface area (TPSA) is 96.0 Å². The van der Waals surface area contributed by atoms with Gasteiger partial charge in [0.25, 0.3) is 0 Å². The smallest absolute Gasteiger partial charge is 0.244 e. The first-order valence-corrected chi connectivity index (χ1v) is 13.3. The van der Waals surface area contributed by atoms with Gasteiger partial charge >= 0.3 is 0 Å². The Bertz CT molecular complexity index is 1080. The molecule has 34 heavy (non-hydrogen) atoms. The Morgan fingerprint density at radius 1 is 1.12 bits per heavy atom. The van der Waals surface area contributed by atoms with Crippen LogP contribution in [0.5, 0.6) is 5.75 Å². The van der Waals surface area contributed by atoms with Crippen molar-refractivity contribution in [2.75, 3.05) is 30.8 Å². The maximum atomic E-state index is 13.6. The van der Waals surface area contributed by atoms with Gasteiger partial charge in [0, 0.05) is 18.1 Å². The van der Waals surface area contributed by atoms with Gasteiger partial charge in [-0.15, -0.1) is 0 Å². The third-order valence-electron chi connectivity index (χ3n) is 5.22. The first-order chi connectivity index (χ1) is 16.1. The average Bonchev–Trinajstić information content (AvgIpc) is 2.81. The van der Waals surface area contributed by atoms with E-state index in [1.54, 1.807) is 37.4 Å². The molecular formula is C24H32ClN3O5S. The zero-order chi connectivity index (χ0) is 25.3. The third kappa shape index (κ3) is 7.63. The highest BCUT2D eigenvalue weighted by Gasteiger charge is 2.31. The van der Waals surface area contributed by atoms with Crippen LogP contribution in [0.4, 0.5) is 5.69 Å². The molecule has 0 aliphatic carbocycles. The zero-order valence-electron chi connectivity index (χ0n) is 20.0. The predicted molar refractivity (Wildman–Crippen MR) is 135 cm³/mol. The largest absolute Gasteiger partial charge is 0.497 e. The fourth-order valence-corrected chi connectivity index (χ4v) is 4.45. The average molecular weight is 510 g/mol. The second-order valence-corrected chi connectivity index (χ2v) is 10.2. The van der Waals surface area contributed by atoms with E-state index in [0.29, 0.717) is 29.4 Å². The van der Waals surface area contributed by atoms with E-state index in [9.17, 15) is 18.0 Å². The number of hydrogen-bond acceptors (Lipinski definition) is 5. The Morgan fingerprint density at radius 3 is 2.35 bits per heavy atom. The van der Waals surface area contributed by atoms with Gasteiger partial charge in [-0.2, -0.15) is 0 Å². The van der Waals surface area contributed by atoms with E-state index in [2.05, 4.69) is 5.32 Å². The van der Waals surface area contributed by atoms with Gasteiger partial charge in [0.1, 0.15) is 18.3 Å². The summed E-state index contributed by atoms with van der Waals surface area (Å²) in [5.41, 5.74) is 1.07. The van der Waals surface area contributed by atoms with Crippen LogP contribution in [0.15, 0.2) is 48.5 Å². The number of ether oxygens (including phenoxy) is 1. The van der Waals surface area contributed by atoms with Gasteiger partial charge in [-0.3, -0.25) is 13.9 Å². The predicted octanol–water partition coefficient (Wildman–Crippen LogP) is 3.45. The summed E-state index contributed by atoms with van der Waals surface area (Å²) < 4.78 is 31.4. The number of carbonyl (C=O) groups excluding carboxylic acids is 2. The number of nitrogens with one attached hydrogen (secondary N) is 1. The molecule has 0 saturated carbocycles. The molecule has 0 aliphatic rings. The van der Waals surface area contributed by atoms with Crippen LogP contribution in [0.2, 0.25) is 5.02 Å². The molecule has 0 saturated heterocycles. The van der Waals surface area contributed by atoms with E-state index in [1.165, 1.54) is 17.0 Å². The van der Waals surface area contributed by atoms with Crippen molar-refractivity contribution in [3.8, 4) is 5.75 Å². The van der Waals surface area contributed by atoms with Crippen LogP contribution in [-0.4, -0.2) is 57.6 Å². The van der Waals surface area contributed by atoms with Crippen LogP contribution < -0.4 is 14.4 Å². The van der Waals surface area contributed by atoms with E-state index < -0.39 is 28.5 Å². The second kappa shape index (κ2) is 12.6. The number of methoxy groups -OCH3 is 1. The van der Waals surface area contributed by atoms with Gasteiger partial charge in [-0.25, -0.2) is 8.42 Å². The fourth-order valence-electron chi connectivity index (χ4n) is 3.47. The molecule has 8 nitrogen and oxygen atoms in total. The quantitative estimate of drug-likeness (QED) is 0.472. The Labute approximate surface area is 206 Å². The molecule has 10 heteroatoms. The monoisotopic (exact) mass is 509 g/mol. The number of benzene rings is 2. The number of carbonyl (C=O) groups is 2.